The van der Waals surface area contributed by atoms with Gasteiger partial charge >= 0.3 is 5.97 Å². The zero-order chi connectivity index (χ0) is 20.1. The monoisotopic (exact) mass is 397 g/mol. The number of carboxylic acids is 1. The van der Waals surface area contributed by atoms with Crippen LogP contribution in [0, 0.1) is 5.92 Å². The molecule has 146 valence electrons. The van der Waals surface area contributed by atoms with Crippen LogP contribution in [0.2, 0.25) is 0 Å². The summed E-state index contributed by atoms with van der Waals surface area (Å²) >= 11 is 1.49. The Morgan fingerprint density at radius 1 is 1.21 bits per heavy atom. The summed E-state index contributed by atoms with van der Waals surface area (Å²) < 4.78 is 12.3. The van der Waals surface area contributed by atoms with Crippen molar-refractivity contribution < 1.29 is 19.4 Å². The Kier molecular flexibility index (Phi) is 6.31. The third-order valence-corrected chi connectivity index (χ3v) is 5.12. The van der Waals surface area contributed by atoms with Gasteiger partial charge in [0, 0.05) is 0 Å². The molecule has 3 rings (SSSR count). The SMILES string of the molecule is COc1ccc(/C=C(\CC(=O)O)c2nc3ccccc3s2)cc1OCC(C)C. The number of carbonyl (C=O) groups is 1. The van der Waals surface area contributed by atoms with Crippen molar-refractivity contribution >= 4 is 39.2 Å². The Balaban J connectivity index is 2.00. The van der Waals surface area contributed by atoms with E-state index in [4.69, 9.17) is 9.47 Å². The number of hydrogen-bond donors (Lipinski definition) is 1. The Bertz CT molecular complexity index is 974. The van der Waals surface area contributed by atoms with E-state index in [0.29, 0.717) is 34.6 Å². The van der Waals surface area contributed by atoms with Crippen LogP contribution in [-0.2, 0) is 4.79 Å². The van der Waals surface area contributed by atoms with Crippen LogP contribution in [0.15, 0.2) is 42.5 Å². The van der Waals surface area contributed by atoms with Gasteiger partial charge in [0.1, 0.15) is 5.01 Å². The zero-order valence-corrected chi connectivity index (χ0v) is 17.0. The number of benzene rings is 2. The number of aromatic nitrogens is 1. The minimum atomic E-state index is -0.893. The van der Waals surface area contributed by atoms with Gasteiger partial charge in [-0.1, -0.05) is 32.0 Å². The minimum absolute atomic E-state index is 0.103. The van der Waals surface area contributed by atoms with Gasteiger partial charge in [-0.25, -0.2) is 4.98 Å². The molecule has 6 heteroatoms. The Morgan fingerprint density at radius 2 is 2.00 bits per heavy atom. The van der Waals surface area contributed by atoms with Crippen molar-refractivity contribution in [3.8, 4) is 11.5 Å². The van der Waals surface area contributed by atoms with E-state index in [0.717, 1.165) is 15.8 Å². The molecule has 0 radical (unpaired) electrons. The lowest BCUT2D eigenvalue weighted by Crippen LogP contribution is -2.05. The molecule has 28 heavy (non-hydrogen) atoms. The third kappa shape index (κ3) is 4.89. The summed E-state index contributed by atoms with van der Waals surface area (Å²) in [5, 5.41) is 10.1. The predicted molar refractivity (Wildman–Crippen MR) is 113 cm³/mol. The molecule has 0 aliphatic carbocycles. The summed E-state index contributed by atoms with van der Waals surface area (Å²) in [7, 11) is 1.60. The molecule has 2 aromatic carbocycles. The molecule has 0 bridgehead atoms. The van der Waals surface area contributed by atoms with Crippen LogP contribution in [0.5, 0.6) is 11.5 Å². The van der Waals surface area contributed by atoms with Gasteiger partial charge < -0.3 is 14.6 Å². The third-order valence-electron chi connectivity index (χ3n) is 4.01. The first kappa shape index (κ1) is 19.9. The zero-order valence-electron chi connectivity index (χ0n) is 16.1. The molecule has 1 heterocycles. The molecule has 0 spiro atoms. The Morgan fingerprint density at radius 3 is 2.68 bits per heavy atom. The van der Waals surface area contributed by atoms with E-state index < -0.39 is 5.97 Å². The highest BCUT2D eigenvalue weighted by atomic mass is 32.1. The van der Waals surface area contributed by atoms with Gasteiger partial charge in [-0.15, -0.1) is 11.3 Å². The number of carboxylic acid groups (broad SMARTS) is 1. The van der Waals surface area contributed by atoms with Crippen LogP contribution in [0.1, 0.15) is 30.8 Å². The normalized spacial score (nSPS) is 11.8. The molecule has 0 aliphatic rings. The second kappa shape index (κ2) is 8.89. The van der Waals surface area contributed by atoms with E-state index in [-0.39, 0.29) is 6.42 Å². The molecular formula is C22H23NO4S. The maximum absolute atomic E-state index is 11.4. The van der Waals surface area contributed by atoms with Crippen molar-refractivity contribution in [1.29, 1.82) is 0 Å². The van der Waals surface area contributed by atoms with Gasteiger partial charge in [0.25, 0.3) is 0 Å². The Hall–Kier alpha value is -2.86. The van der Waals surface area contributed by atoms with E-state index in [1.165, 1.54) is 11.3 Å². The summed E-state index contributed by atoms with van der Waals surface area (Å²) in [5.41, 5.74) is 2.37. The summed E-state index contributed by atoms with van der Waals surface area (Å²) in [4.78, 5) is 16.0. The second-order valence-electron chi connectivity index (χ2n) is 6.84. The quantitative estimate of drug-likeness (QED) is 0.554. The molecule has 0 saturated heterocycles. The van der Waals surface area contributed by atoms with Crippen LogP contribution in [0.25, 0.3) is 21.9 Å². The van der Waals surface area contributed by atoms with Crippen molar-refractivity contribution in [3.63, 3.8) is 0 Å². The van der Waals surface area contributed by atoms with Crippen LogP contribution in [-0.4, -0.2) is 29.8 Å². The fraction of sp³-hybridized carbons (Fsp3) is 0.273. The predicted octanol–water partition coefficient (Wildman–Crippen LogP) is 5.36. The van der Waals surface area contributed by atoms with Gasteiger partial charge in [0.15, 0.2) is 11.5 Å². The summed E-state index contributed by atoms with van der Waals surface area (Å²) in [6.07, 6.45) is 1.75. The number of methoxy groups -OCH3 is 1. The topological polar surface area (TPSA) is 68.7 Å². The van der Waals surface area contributed by atoms with E-state index in [9.17, 15) is 9.90 Å². The van der Waals surface area contributed by atoms with Crippen molar-refractivity contribution in [3.05, 3.63) is 53.0 Å². The van der Waals surface area contributed by atoms with Gasteiger partial charge in [-0.3, -0.25) is 4.79 Å². The molecule has 5 nitrogen and oxygen atoms in total. The summed E-state index contributed by atoms with van der Waals surface area (Å²) in [5.74, 6) is 0.783. The van der Waals surface area contributed by atoms with Crippen molar-refractivity contribution in [2.24, 2.45) is 5.92 Å². The van der Waals surface area contributed by atoms with Crippen LogP contribution in [0.4, 0.5) is 0 Å². The maximum atomic E-state index is 11.4. The first-order valence-electron chi connectivity index (χ1n) is 9.05. The Labute approximate surface area is 168 Å². The van der Waals surface area contributed by atoms with E-state index >= 15 is 0 Å². The number of thiazole rings is 1. The number of fused-ring (bicyclic) bond motifs is 1. The molecule has 0 fully saturated rings. The molecular weight excluding hydrogens is 374 g/mol. The van der Waals surface area contributed by atoms with Gasteiger partial charge in [-0.2, -0.15) is 0 Å². The van der Waals surface area contributed by atoms with Crippen molar-refractivity contribution in [2.75, 3.05) is 13.7 Å². The number of aliphatic carboxylic acids is 1. The molecule has 1 N–H and O–H groups in total. The fourth-order valence-electron chi connectivity index (χ4n) is 2.71. The summed E-state index contributed by atoms with van der Waals surface area (Å²) in [6.45, 7) is 4.73. The van der Waals surface area contributed by atoms with E-state index in [1.807, 2.05) is 48.5 Å². The molecule has 1 aromatic heterocycles. The van der Waals surface area contributed by atoms with Crippen LogP contribution >= 0.6 is 11.3 Å². The summed E-state index contributed by atoms with van der Waals surface area (Å²) in [6, 6.07) is 13.4. The number of nitrogens with zero attached hydrogens (tertiary/aromatic N) is 1. The number of rotatable bonds is 8. The highest BCUT2D eigenvalue weighted by Crippen LogP contribution is 2.33. The lowest BCUT2D eigenvalue weighted by molar-refractivity contribution is -0.135. The number of hydrogen-bond acceptors (Lipinski definition) is 5. The average molecular weight is 397 g/mol. The smallest absolute Gasteiger partial charge is 0.307 e. The molecule has 3 aromatic rings. The van der Waals surface area contributed by atoms with E-state index in [2.05, 4.69) is 18.8 Å². The fourth-order valence-corrected chi connectivity index (χ4v) is 3.69. The van der Waals surface area contributed by atoms with Gasteiger partial charge in [-0.05, 0) is 47.4 Å². The largest absolute Gasteiger partial charge is 0.493 e. The molecule has 0 unspecified atom stereocenters. The first-order valence-corrected chi connectivity index (χ1v) is 9.87. The second-order valence-corrected chi connectivity index (χ2v) is 7.87. The lowest BCUT2D eigenvalue weighted by Gasteiger charge is -2.13. The van der Waals surface area contributed by atoms with E-state index in [1.54, 1.807) is 7.11 Å². The molecule has 0 aliphatic heterocycles. The highest BCUT2D eigenvalue weighted by molar-refractivity contribution is 7.19. The average Bonchev–Trinajstić information content (AvgIpc) is 3.10. The molecule has 0 amide bonds. The van der Waals surface area contributed by atoms with Gasteiger partial charge in [0.2, 0.25) is 0 Å². The highest BCUT2D eigenvalue weighted by Gasteiger charge is 2.14. The lowest BCUT2D eigenvalue weighted by atomic mass is 10.1. The number of para-hydroxylation sites is 1. The maximum Gasteiger partial charge on any atom is 0.307 e. The molecule has 0 saturated carbocycles. The van der Waals surface area contributed by atoms with Gasteiger partial charge in [0.05, 0.1) is 30.4 Å². The standard InChI is InChI=1S/C22H23NO4S/c1-14(2)13-27-19-11-15(8-9-18(19)26-3)10-16(12-21(24)25)22-23-17-6-4-5-7-20(17)28-22/h4-11,14H,12-13H2,1-3H3,(H,24,25)/b16-10+. The van der Waals surface area contributed by atoms with Crippen molar-refractivity contribution in [1.82, 2.24) is 4.98 Å². The number of ether oxygens (including phenoxy) is 2. The van der Waals surface area contributed by atoms with Crippen LogP contribution < -0.4 is 9.47 Å². The first-order chi connectivity index (χ1) is 13.5. The van der Waals surface area contributed by atoms with Crippen molar-refractivity contribution in [2.45, 2.75) is 20.3 Å². The van der Waals surface area contributed by atoms with Crippen LogP contribution in [0.3, 0.4) is 0 Å². The minimum Gasteiger partial charge on any atom is -0.493 e. The molecule has 0 atom stereocenters.